The van der Waals surface area contributed by atoms with Crippen LogP contribution in [0.4, 0.5) is 0 Å². The molecule has 0 radical (unpaired) electrons. The van der Waals surface area contributed by atoms with Gasteiger partial charge in [-0.15, -0.1) is 0 Å². The van der Waals surface area contributed by atoms with Crippen LogP contribution in [0.1, 0.15) is 26.3 Å². The molecule has 1 N–H and O–H groups in total. The summed E-state index contributed by atoms with van der Waals surface area (Å²) in [6, 6.07) is 8.45. The van der Waals surface area contributed by atoms with Gasteiger partial charge in [-0.05, 0) is 24.6 Å². The smallest absolute Gasteiger partial charge is 0.0955 e. The van der Waals surface area contributed by atoms with Crippen LogP contribution in [0.3, 0.4) is 0 Å². The highest BCUT2D eigenvalue weighted by atomic mass is 15.0. The van der Waals surface area contributed by atoms with Crippen LogP contribution in [0.5, 0.6) is 0 Å². The van der Waals surface area contributed by atoms with Crippen molar-refractivity contribution in [3.05, 3.63) is 30.1 Å². The molecule has 0 amide bonds. The normalized spacial score (nSPS) is 13.4. The molecule has 0 spiro atoms. The molecule has 0 aliphatic carbocycles. The van der Waals surface area contributed by atoms with Gasteiger partial charge in [-0.1, -0.05) is 19.9 Å². The summed E-state index contributed by atoms with van der Waals surface area (Å²) in [5, 5.41) is 12.1. The molecular formula is C15H20N4. The van der Waals surface area contributed by atoms with E-state index >= 15 is 0 Å². The van der Waals surface area contributed by atoms with Crippen LogP contribution in [-0.2, 0) is 12.5 Å². The maximum absolute atomic E-state index is 8.82. The number of imidazole rings is 1. The second-order valence-corrected chi connectivity index (χ2v) is 5.67. The first kappa shape index (κ1) is 13.6. The average molecular weight is 256 g/mol. The summed E-state index contributed by atoms with van der Waals surface area (Å²) < 4.78 is 2.02. The number of hydrogen-bond donors (Lipinski definition) is 1. The van der Waals surface area contributed by atoms with Crippen molar-refractivity contribution in [2.75, 3.05) is 6.54 Å². The van der Waals surface area contributed by atoms with Crippen molar-refractivity contribution in [2.45, 2.75) is 32.2 Å². The first-order valence-electron chi connectivity index (χ1n) is 6.48. The Bertz CT molecular complexity index is 619. The molecule has 0 fully saturated rings. The van der Waals surface area contributed by atoms with Crippen LogP contribution in [0.25, 0.3) is 11.0 Å². The van der Waals surface area contributed by atoms with Gasteiger partial charge in [0.15, 0.2) is 0 Å². The van der Waals surface area contributed by atoms with Crippen molar-refractivity contribution in [3.8, 4) is 6.07 Å². The molecule has 0 aliphatic rings. The Labute approximate surface area is 114 Å². The van der Waals surface area contributed by atoms with Gasteiger partial charge in [-0.25, -0.2) is 4.98 Å². The van der Waals surface area contributed by atoms with Crippen molar-refractivity contribution in [1.29, 1.82) is 5.26 Å². The third-order valence-corrected chi connectivity index (χ3v) is 3.55. The number of fused-ring (bicyclic) bond motifs is 1. The number of aromatic nitrogens is 2. The topological polar surface area (TPSA) is 53.6 Å². The second-order valence-electron chi connectivity index (χ2n) is 5.67. The quantitative estimate of drug-likeness (QED) is 0.913. The number of rotatable bonds is 4. The van der Waals surface area contributed by atoms with Crippen LogP contribution in [0, 0.1) is 11.3 Å². The molecule has 100 valence electrons. The molecule has 0 aliphatic heterocycles. The molecule has 4 nitrogen and oxygen atoms in total. The fraction of sp³-hybridized carbons (Fsp3) is 0.467. The Morgan fingerprint density at radius 2 is 2.21 bits per heavy atom. The van der Waals surface area contributed by atoms with Gasteiger partial charge in [-0.2, -0.15) is 5.26 Å². The molecule has 1 unspecified atom stereocenters. The van der Waals surface area contributed by atoms with Gasteiger partial charge in [0.05, 0.1) is 29.5 Å². The largest absolute Gasteiger partial charge is 0.334 e. The molecule has 1 aromatic carbocycles. The van der Waals surface area contributed by atoms with Crippen molar-refractivity contribution in [2.24, 2.45) is 7.05 Å². The predicted molar refractivity (Wildman–Crippen MR) is 76.8 cm³/mol. The number of nitrogens with zero attached hydrogens (tertiary/aromatic N) is 3. The summed E-state index contributed by atoms with van der Waals surface area (Å²) >= 11 is 0. The maximum atomic E-state index is 8.82. The van der Waals surface area contributed by atoms with Crippen molar-refractivity contribution >= 4 is 11.0 Å². The number of nitrogens with one attached hydrogen (secondary N) is 1. The fourth-order valence-corrected chi connectivity index (χ4v) is 2.11. The summed E-state index contributed by atoms with van der Waals surface area (Å²) in [6.45, 7) is 6.99. The zero-order valence-corrected chi connectivity index (χ0v) is 11.9. The molecule has 0 bridgehead atoms. The molecule has 2 rings (SSSR count). The van der Waals surface area contributed by atoms with E-state index in [1.807, 2.05) is 24.9 Å². The lowest BCUT2D eigenvalue weighted by Gasteiger charge is -2.26. The van der Waals surface area contributed by atoms with E-state index in [9.17, 15) is 0 Å². The van der Waals surface area contributed by atoms with Crippen LogP contribution in [0.2, 0.25) is 0 Å². The molecule has 19 heavy (non-hydrogen) atoms. The Hall–Kier alpha value is -1.86. The minimum absolute atomic E-state index is 0.0309. The Morgan fingerprint density at radius 1 is 1.47 bits per heavy atom. The number of aryl methyl sites for hydroxylation is 1. The summed E-state index contributed by atoms with van der Waals surface area (Å²) in [5.41, 5.74) is 3.35. The van der Waals surface area contributed by atoms with Gasteiger partial charge in [0.1, 0.15) is 0 Å². The molecule has 4 heteroatoms. The standard InChI is InChI=1S/C15H20N4/c1-11(8-16)17-9-15(2,3)12-5-6-14-13(7-12)18-10-19(14)4/h5-7,10-11,17H,9H2,1-4H3. The van der Waals surface area contributed by atoms with Crippen molar-refractivity contribution < 1.29 is 0 Å². The van der Waals surface area contributed by atoms with Gasteiger partial charge >= 0.3 is 0 Å². The van der Waals surface area contributed by atoms with Crippen LogP contribution >= 0.6 is 0 Å². The minimum atomic E-state index is -0.127. The van der Waals surface area contributed by atoms with E-state index in [-0.39, 0.29) is 11.5 Å². The lowest BCUT2D eigenvalue weighted by Crippen LogP contribution is -2.37. The van der Waals surface area contributed by atoms with Crippen LogP contribution < -0.4 is 5.32 Å². The molecular weight excluding hydrogens is 236 g/mol. The Kier molecular flexibility index (Phi) is 3.59. The number of benzene rings is 1. The highest BCUT2D eigenvalue weighted by Crippen LogP contribution is 2.25. The predicted octanol–water partition coefficient (Wildman–Crippen LogP) is 2.35. The van der Waals surface area contributed by atoms with Crippen LogP contribution in [0.15, 0.2) is 24.5 Å². The number of nitriles is 1. The van der Waals surface area contributed by atoms with Gasteiger partial charge in [0, 0.05) is 19.0 Å². The lowest BCUT2D eigenvalue weighted by molar-refractivity contribution is 0.457. The van der Waals surface area contributed by atoms with E-state index < -0.39 is 0 Å². The van der Waals surface area contributed by atoms with Crippen molar-refractivity contribution in [1.82, 2.24) is 14.9 Å². The Balaban J connectivity index is 2.24. The zero-order chi connectivity index (χ0) is 14.0. The summed E-state index contributed by atoms with van der Waals surface area (Å²) in [4.78, 5) is 4.39. The fourth-order valence-electron chi connectivity index (χ4n) is 2.11. The van der Waals surface area contributed by atoms with E-state index in [1.54, 1.807) is 0 Å². The van der Waals surface area contributed by atoms with Gasteiger partial charge < -0.3 is 9.88 Å². The van der Waals surface area contributed by atoms with Gasteiger partial charge in [0.2, 0.25) is 0 Å². The van der Waals surface area contributed by atoms with E-state index in [0.717, 1.165) is 17.6 Å². The molecule has 1 heterocycles. The highest BCUT2D eigenvalue weighted by molar-refractivity contribution is 5.76. The molecule has 1 aromatic heterocycles. The first-order valence-corrected chi connectivity index (χ1v) is 6.48. The van der Waals surface area contributed by atoms with Gasteiger partial charge in [0.25, 0.3) is 0 Å². The zero-order valence-electron chi connectivity index (χ0n) is 11.9. The minimum Gasteiger partial charge on any atom is -0.334 e. The monoisotopic (exact) mass is 256 g/mol. The van der Waals surface area contributed by atoms with E-state index in [4.69, 9.17) is 5.26 Å². The van der Waals surface area contributed by atoms with E-state index in [2.05, 4.69) is 48.4 Å². The maximum Gasteiger partial charge on any atom is 0.0955 e. The first-order chi connectivity index (χ1) is 8.94. The second kappa shape index (κ2) is 5.02. The third-order valence-electron chi connectivity index (χ3n) is 3.55. The average Bonchev–Trinajstić information content (AvgIpc) is 2.77. The highest BCUT2D eigenvalue weighted by Gasteiger charge is 2.21. The van der Waals surface area contributed by atoms with E-state index in [0.29, 0.717) is 0 Å². The van der Waals surface area contributed by atoms with Gasteiger partial charge in [-0.3, -0.25) is 0 Å². The molecule has 0 saturated heterocycles. The van der Waals surface area contributed by atoms with E-state index in [1.165, 1.54) is 5.56 Å². The summed E-state index contributed by atoms with van der Waals surface area (Å²) in [5.74, 6) is 0. The molecule has 1 atom stereocenters. The van der Waals surface area contributed by atoms with Crippen LogP contribution in [-0.4, -0.2) is 22.1 Å². The summed E-state index contributed by atoms with van der Waals surface area (Å²) in [6.07, 6.45) is 1.83. The lowest BCUT2D eigenvalue weighted by atomic mass is 9.84. The molecule has 0 saturated carbocycles. The number of hydrogen-bond acceptors (Lipinski definition) is 3. The molecule has 2 aromatic rings. The summed E-state index contributed by atoms with van der Waals surface area (Å²) in [7, 11) is 2.00. The Morgan fingerprint density at radius 3 is 2.89 bits per heavy atom. The SMILES string of the molecule is CC(C#N)NCC(C)(C)c1ccc2c(c1)ncn2C. The van der Waals surface area contributed by atoms with Crippen molar-refractivity contribution in [3.63, 3.8) is 0 Å². The third kappa shape index (κ3) is 2.77.